The van der Waals surface area contributed by atoms with Crippen LogP contribution in [0.3, 0.4) is 0 Å². The lowest BCUT2D eigenvalue weighted by Crippen LogP contribution is -2.32. The number of carbonyl (C=O) groups excluding carboxylic acids is 1. The smallest absolute Gasteiger partial charge is 0.255 e. The number of nitrogens with zero attached hydrogens (tertiary/aromatic N) is 1. The molecule has 0 radical (unpaired) electrons. The Labute approximate surface area is 117 Å². The van der Waals surface area contributed by atoms with Crippen molar-refractivity contribution in [3.05, 3.63) is 31.8 Å². The van der Waals surface area contributed by atoms with Gasteiger partial charge in [-0.25, -0.2) is 0 Å². The lowest BCUT2D eigenvalue weighted by Gasteiger charge is -2.16. The van der Waals surface area contributed by atoms with Crippen LogP contribution in [0.1, 0.15) is 16.8 Å². The zero-order valence-electron chi connectivity index (χ0n) is 8.62. The van der Waals surface area contributed by atoms with E-state index < -0.39 is 0 Å². The fraction of sp³-hybridized carbons (Fsp3) is 0.364. The maximum atomic E-state index is 12.2. The third-order valence-corrected chi connectivity index (χ3v) is 4.10. The highest BCUT2D eigenvalue weighted by atomic mass is 127. The van der Waals surface area contributed by atoms with Crippen LogP contribution in [0.5, 0.6) is 0 Å². The number of carbonyl (C=O) groups is 1. The maximum absolute atomic E-state index is 12.2. The van der Waals surface area contributed by atoms with E-state index in [4.69, 9.17) is 5.73 Å². The van der Waals surface area contributed by atoms with Gasteiger partial charge in [-0.05, 0) is 47.2 Å². The summed E-state index contributed by atoms with van der Waals surface area (Å²) in [6.07, 6.45) is 0.899. The molecular weight excluding hydrogens is 383 g/mol. The van der Waals surface area contributed by atoms with Crippen molar-refractivity contribution in [3.8, 4) is 0 Å². The lowest BCUT2D eigenvalue weighted by atomic mass is 10.2. The summed E-state index contributed by atoms with van der Waals surface area (Å²) in [5.74, 6) is 0.0821. The zero-order chi connectivity index (χ0) is 11.7. The Kier molecular flexibility index (Phi) is 3.86. The van der Waals surface area contributed by atoms with E-state index in [1.54, 1.807) is 0 Å². The second kappa shape index (κ2) is 5.01. The van der Waals surface area contributed by atoms with Gasteiger partial charge in [0.2, 0.25) is 0 Å². The van der Waals surface area contributed by atoms with Gasteiger partial charge in [-0.15, -0.1) is 0 Å². The molecule has 1 amide bonds. The Bertz CT molecular complexity index is 424. The third kappa shape index (κ3) is 2.57. The van der Waals surface area contributed by atoms with Gasteiger partial charge >= 0.3 is 0 Å². The van der Waals surface area contributed by atoms with Gasteiger partial charge in [0.25, 0.3) is 5.91 Å². The number of benzene rings is 1. The summed E-state index contributed by atoms with van der Waals surface area (Å²) in [6, 6.07) is 5.88. The Morgan fingerprint density at radius 1 is 1.56 bits per heavy atom. The quantitative estimate of drug-likeness (QED) is 0.742. The number of likely N-dealkylation sites (tertiary alicyclic amines) is 1. The van der Waals surface area contributed by atoms with Crippen molar-refractivity contribution >= 4 is 44.4 Å². The minimum atomic E-state index is 0.0821. The average molecular weight is 395 g/mol. The first-order valence-electron chi connectivity index (χ1n) is 5.08. The van der Waals surface area contributed by atoms with Crippen molar-refractivity contribution in [2.45, 2.75) is 12.5 Å². The van der Waals surface area contributed by atoms with E-state index >= 15 is 0 Å². The number of halogens is 2. The van der Waals surface area contributed by atoms with Gasteiger partial charge in [0.1, 0.15) is 0 Å². The minimum Gasteiger partial charge on any atom is -0.337 e. The fourth-order valence-electron chi connectivity index (χ4n) is 1.80. The summed E-state index contributed by atoms with van der Waals surface area (Å²) >= 11 is 5.57. The van der Waals surface area contributed by atoms with E-state index in [-0.39, 0.29) is 11.9 Å². The van der Waals surface area contributed by atoms with Gasteiger partial charge < -0.3 is 10.6 Å². The maximum Gasteiger partial charge on any atom is 0.255 e. The summed E-state index contributed by atoms with van der Waals surface area (Å²) in [5.41, 5.74) is 6.56. The summed E-state index contributed by atoms with van der Waals surface area (Å²) in [7, 11) is 0. The molecule has 86 valence electrons. The molecule has 0 spiro atoms. The van der Waals surface area contributed by atoms with Crippen molar-refractivity contribution in [2.75, 3.05) is 13.1 Å². The molecule has 1 saturated heterocycles. The summed E-state index contributed by atoms with van der Waals surface area (Å²) < 4.78 is 1.91. The molecule has 0 aromatic heterocycles. The normalized spacial score (nSPS) is 20.2. The van der Waals surface area contributed by atoms with E-state index in [1.807, 2.05) is 23.1 Å². The van der Waals surface area contributed by atoms with Gasteiger partial charge in [-0.1, -0.05) is 15.9 Å². The van der Waals surface area contributed by atoms with Gasteiger partial charge in [-0.3, -0.25) is 4.79 Å². The van der Waals surface area contributed by atoms with Crippen LogP contribution >= 0.6 is 38.5 Å². The van der Waals surface area contributed by atoms with Crippen molar-refractivity contribution in [3.63, 3.8) is 0 Å². The SMILES string of the molecule is N[C@@H]1CCN(C(=O)c2cc(Br)ccc2I)C1. The van der Waals surface area contributed by atoms with Crippen LogP contribution in [0.4, 0.5) is 0 Å². The van der Waals surface area contributed by atoms with Gasteiger partial charge in [0.05, 0.1) is 5.56 Å². The fourth-order valence-corrected chi connectivity index (χ4v) is 2.73. The third-order valence-electron chi connectivity index (χ3n) is 2.67. The summed E-state index contributed by atoms with van der Waals surface area (Å²) in [4.78, 5) is 14.0. The number of hydrogen-bond acceptors (Lipinski definition) is 2. The lowest BCUT2D eigenvalue weighted by molar-refractivity contribution is 0.0790. The molecule has 0 bridgehead atoms. The largest absolute Gasteiger partial charge is 0.337 e. The van der Waals surface area contributed by atoms with Crippen molar-refractivity contribution in [1.29, 1.82) is 0 Å². The number of amides is 1. The van der Waals surface area contributed by atoms with E-state index in [0.717, 1.165) is 26.6 Å². The highest BCUT2D eigenvalue weighted by Gasteiger charge is 2.25. The van der Waals surface area contributed by atoms with Crippen LogP contribution in [0.15, 0.2) is 22.7 Å². The molecule has 0 saturated carbocycles. The molecule has 1 aromatic rings. The Hall–Kier alpha value is -0.140. The Balaban J connectivity index is 2.23. The molecule has 16 heavy (non-hydrogen) atoms. The van der Waals surface area contributed by atoms with Crippen molar-refractivity contribution in [1.82, 2.24) is 4.90 Å². The van der Waals surface area contributed by atoms with Gasteiger partial charge in [0.15, 0.2) is 0 Å². The second-order valence-electron chi connectivity index (χ2n) is 3.92. The molecule has 2 N–H and O–H groups in total. The molecule has 1 aliphatic rings. The highest BCUT2D eigenvalue weighted by molar-refractivity contribution is 14.1. The number of rotatable bonds is 1. The van der Waals surface area contributed by atoms with Crippen molar-refractivity contribution < 1.29 is 4.79 Å². The topological polar surface area (TPSA) is 46.3 Å². The molecule has 2 rings (SSSR count). The first-order chi connectivity index (χ1) is 7.58. The molecule has 1 aliphatic heterocycles. The summed E-state index contributed by atoms with van der Waals surface area (Å²) in [5, 5.41) is 0. The molecule has 0 aliphatic carbocycles. The van der Waals surface area contributed by atoms with Gasteiger partial charge in [0, 0.05) is 27.2 Å². The molecule has 0 unspecified atom stereocenters. The van der Waals surface area contributed by atoms with E-state index in [9.17, 15) is 4.79 Å². The van der Waals surface area contributed by atoms with E-state index in [2.05, 4.69) is 38.5 Å². The predicted octanol–water partition coefficient (Wildman–Crippen LogP) is 2.23. The van der Waals surface area contributed by atoms with E-state index in [1.165, 1.54) is 0 Å². The van der Waals surface area contributed by atoms with Crippen LogP contribution in [0, 0.1) is 3.57 Å². The Morgan fingerprint density at radius 2 is 2.31 bits per heavy atom. The predicted molar refractivity (Wildman–Crippen MR) is 75.4 cm³/mol. The minimum absolute atomic E-state index is 0.0821. The molecule has 3 nitrogen and oxygen atoms in total. The standard InChI is InChI=1S/C11H12BrIN2O/c12-7-1-2-10(13)9(5-7)11(16)15-4-3-8(14)6-15/h1-2,5,8H,3-4,6,14H2/t8-/m1/s1. The van der Waals surface area contributed by atoms with Crippen LogP contribution in [0.25, 0.3) is 0 Å². The van der Waals surface area contributed by atoms with Crippen LogP contribution in [-0.4, -0.2) is 29.9 Å². The first-order valence-corrected chi connectivity index (χ1v) is 6.95. The van der Waals surface area contributed by atoms with E-state index in [0.29, 0.717) is 6.54 Å². The molecule has 5 heteroatoms. The van der Waals surface area contributed by atoms with Crippen LogP contribution in [-0.2, 0) is 0 Å². The number of nitrogens with two attached hydrogens (primary N) is 1. The monoisotopic (exact) mass is 394 g/mol. The highest BCUT2D eigenvalue weighted by Crippen LogP contribution is 2.21. The molecule has 1 heterocycles. The Morgan fingerprint density at radius 3 is 2.94 bits per heavy atom. The average Bonchev–Trinajstić information content (AvgIpc) is 2.67. The number of hydrogen-bond donors (Lipinski definition) is 1. The molecule has 1 aromatic carbocycles. The van der Waals surface area contributed by atoms with Gasteiger partial charge in [-0.2, -0.15) is 0 Å². The first kappa shape index (κ1) is 12.3. The zero-order valence-corrected chi connectivity index (χ0v) is 12.4. The molecule has 1 atom stereocenters. The molecule has 1 fully saturated rings. The molecular formula is C11H12BrIN2O. The van der Waals surface area contributed by atoms with Crippen LogP contribution in [0.2, 0.25) is 0 Å². The van der Waals surface area contributed by atoms with Crippen LogP contribution < -0.4 is 5.73 Å². The van der Waals surface area contributed by atoms with Crippen molar-refractivity contribution in [2.24, 2.45) is 5.73 Å². The second-order valence-corrected chi connectivity index (χ2v) is 6.00. The summed E-state index contributed by atoms with van der Waals surface area (Å²) in [6.45, 7) is 1.43.